The first-order chi connectivity index (χ1) is 9.74. The van der Waals surface area contributed by atoms with Gasteiger partial charge in [-0.05, 0) is 30.5 Å². The van der Waals surface area contributed by atoms with Gasteiger partial charge in [0, 0.05) is 20.3 Å². The van der Waals surface area contributed by atoms with Crippen molar-refractivity contribution in [3.05, 3.63) is 66.6 Å². The van der Waals surface area contributed by atoms with Crippen molar-refractivity contribution < 1.29 is 0 Å². The van der Waals surface area contributed by atoms with Gasteiger partial charge in [-0.3, -0.25) is 0 Å². The quantitative estimate of drug-likeness (QED) is 0.278. The van der Waals surface area contributed by atoms with Crippen molar-refractivity contribution >= 4 is 6.34 Å². The molecule has 1 aromatic heterocycles. The number of aryl methyl sites for hydroxylation is 1. The minimum atomic E-state index is 0.530. The van der Waals surface area contributed by atoms with Crippen LogP contribution in [0.5, 0.6) is 0 Å². The van der Waals surface area contributed by atoms with Crippen molar-refractivity contribution in [2.45, 2.75) is 0 Å². The van der Waals surface area contributed by atoms with Gasteiger partial charge >= 0.3 is 0 Å². The highest BCUT2D eigenvalue weighted by molar-refractivity contribution is 5.54. The number of nitrogens with one attached hydrogen (secondary N) is 1. The number of allylic oxidation sites excluding steroid dienone is 3. The zero-order valence-corrected chi connectivity index (χ0v) is 11.6. The molecule has 1 N–H and O–H groups in total. The molecule has 0 spiro atoms. The molecular weight excluding hydrogens is 252 g/mol. The fourth-order valence-electron chi connectivity index (χ4n) is 1.18. The molecule has 0 amide bonds. The highest BCUT2D eigenvalue weighted by atomic mass is 15.3. The number of hydrogen-bond donors (Lipinski definition) is 1. The summed E-state index contributed by atoms with van der Waals surface area (Å²) in [6.07, 6.45) is 10.3. The van der Waals surface area contributed by atoms with E-state index in [1.165, 1.54) is 6.34 Å². The van der Waals surface area contributed by atoms with Gasteiger partial charge in [-0.1, -0.05) is 18.7 Å². The van der Waals surface area contributed by atoms with Crippen molar-refractivity contribution in [3.8, 4) is 0 Å². The molecule has 0 fully saturated rings. The Kier molecular flexibility index (Phi) is 7.04. The van der Waals surface area contributed by atoms with Crippen LogP contribution in [0.4, 0.5) is 0 Å². The molecule has 1 rings (SSSR count). The fourth-order valence-corrected chi connectivity index (χ4v) is 1.18. The Bertz CT molecular complexity index is 604. The molecule has 0 bridgehead atoms. The van der Waals surface area contributed by atoms with Crippen molar-refractivity contribution in [2.24, 2.45) is 27.5 Å². The fraction of sp³-hybridized carbons (Fsp3) is 0.143. The summed E-state index contributed by atoms with van der Waals surface area (Å²) in [5.74, 6) is 0. The van der Waals surface area contributed by atoms with Crippen LogP contribution < -0.4 is 10.8 Å². The molecule has 0 radical (unpaired) electrons. The molecule has 1 aromatic rings. The third kappa shape index (κ3) is 6.25. The van der Waals surface area contributed by atoms with Gasteiger partial charge in [-0.25, -0.2) is 0 Å². The molecule has 104 valence electrons. The van der Waals surface area contributed by atoms with E-state index in [1.807, 2.05) is 55.2 Å². The number of hydrogen-bond acceptors (Lipinski definition) is 4. The van der Waals surface area contributed by atoms with Gasteiger partial charge in [0.25, 0.3) is 0 Å². The first-order valence-electron chi connectivity index (χ1n) is 6.01. The Morgan fingerprint density at radius 3 is 2.95 bits per heavy atom. The largest absolute Gasteiger partial charge is 0.394 e. The van der Waals surface area contributed by atoms with E-state index in [0.717, 1.165) is 5.49 Å². The maximum absolute atomic E-state index is 4.00. The molecule has 0 atom stereocenters. The topological polar surface area (TPSA) is 66.4 Å². The highest BCUT2D eigenvalue weighted by Crippen LogP contribution is 1.95. The average Bonchev–Trinajstić information content (AvgIpc) is 2.45. The summed E-state index contributed by atoms with van der Waals surface area (Å²) < 4.78 is 1.85. The van der Waals surface area contributed by atoms with Crippen LogP contribution >= 0.6 is 0 Å². The van der Waals surface area contributed by atoms with Crippen molar-refractivity contribution in [1.29, 1.82) is 0 Å². The molecule has 0 aromatic carbocycles. The van der Waals surface area contributed by atoms with E-state index in [-0.39, 0.29) is 0 Å². The standard InChI is InChI=1S/C14H18N6/c1-13(8-4-6-10-15-2)18-16-12-17-19-14-9-5-7-11-20(14)3/h4-12,15H,1H2,2-3H3/b8-4-,10-6-,17-12+,18-16+,19-14+. The van der Waals surface area contributed by atoms with Crippen LogP contribution in [0.15, 0.2) is 81.5 Å². The molecule has 0 unspecified atom stereocenters. The SMILES string of the molecule is C=C(/C=C\C=C/NC)/N=N/C=N/N=c1\ccccn1C. The number of aromatic nitrogens is 1. The summed E-state index contributed by atoms with van der Waals surface area (Å²) in [5.41, 5.74) is 1.26. The van der Waals surface area contributed by atoms with Crippen LogP contribution in [0.1, 0.15) is 0 Å². The summed E-state index contributed by atoms with van der Waals surface area (Å²) in [5, 5.41) is 18.3. The van der Waals surface area contributed by atoms with E-state index in [1.54, 1.807) is 12.3 Å². The second-order valence-electron chi connectivity index (χ2n) is 3.71. The molecular formula is C14H18N6. The maximum Gasteiger partial charge on any atom is 0.160 e. The predicted molar refractivity (Wildman–Crippen MR) is 80.8 cm³/mol. The third-order valence-electron chi connectivity index (χ3n) is 2.14. The molecule has 20 heavy (non-hydrogen) atoms. The maximum atomic E-state index is 4.00. The summed E-state index contributed by atoms with van der Waals surface area (Å²) in [4.78, 5) is 0. The summed E-state index contributed by atoms with van der Waals surface area (Å²) >= 11 is 0. The summed E-state index contributed by atoms with van der Waals surface area (Å²) in [6.45, 7) is 3.72. The Hall–Kier alpha value is -2.76. The number of pyridine rings is 1. The molecule has 6 heteroatoms. The lowest BCUT2D eigenvalue weighted by atomic mass is 10.4. The lowest BCUT2D eigenvalue weighted by molar-refractivity contribution is 0.816. The minimum absolute atomic E-state index is 0.530. The monoisotopic (exact) mass is 270 g/mol. The number of azo groups is 1. The van der Waals surface area contributed by atoms with Crippen molar-refractivity contribution in [2.75, 3.05) is 7.05 Å². The predicted octanol–water partition coefficient (Wildman–Crippen LogP) is 2.12. The van der Waals surface area contributed by atoms with Crippen molar-refractivity contribution in [3.63, 3.8) is 0 Å². The lowest BCUT2D eigenvalue weighted by Gasteiger charge is -1.94. The van der Waals surface area contributed by atoms with Gasteiger partial charge in [0.15, 0.2) is 11.8 Å². The second-order valence-corrected chi connectivity index (χ2v) is 3.71. The second kappa shape index (κ2) is 9.21. The van der Waals surface area contributed by atoms with E-state index >= 15 is 0 Å². The molecule has 0 aliphatic heterocycles. The normalized spacial score (nSPS) is 13.2. The molecule has 0 aliphatic carbocycles. The lowest BCUT2D eigenvalue weighted by Crippen LogP contribution is -2.14. The first-order valence-corrected chi connectivity index (χ1v) is 6.01. The van der Waals surface area contributed by atoms with Crippen molar-refractivity contribution in [1.82, 2.24) is 9.88 Å². The van der Waals surface area contributed by atoms with Crippen LogP contribution in [-0.4, -0.2) is 18.0 Å². The summed E-state index contributed by atoms with van der Waals surface area (Å²) in [7, 11) is 3.72. The zero-order chi connectivity index (χ0) is 14.6. The van der Waals surface area contributed by atoms with E-state index in [0.29, 0.717) is 5.70 Å². The van der Waals surface area contributed by atoms with Gasteiger partial charge in [-0.15, -0.1) is 15.3 Å². The Morgan fingerprint density at radius 1 is 1.35 bits per heavy atom. The van der Waals surface area contributed by atoms with Gasteiger partial charge in [-0.2, -0.15) is 5.11 Å². The van der Waals surface area contributed by atoms with Crippen LogP contribution in [0.25, 0.3) is 0 Å². The molecule has 1 heterocycles. The number of nitrogens with zero attached hydrogens (tertiary/aromatic N) is 5. The molecule has 0 aliphatic rings. The van der Waals surface area contributed by atoms with E-state index in [2.05, 4.69) is 32.3 Å². The first kappa shape index (κ1) is 15.3. The van der Waals surface area contributed by atoms with Crippen LogP contribution in [0.3, 0.4) is 0 Å². The van der Waals surface area contributed by atoms with Gasteiger partial charge in [0.2, 0.25) is 0 Å². The Morgan fingerprint density at radius 2 is 2.20 bits per heavy atom. The van der Waals surface area contributed by atoms with Crippen LogP contribution in [0.2, 0.25) is 0 Å². The minimum Gasteiger partial charge on any atom is -0.394 e. The van der Waals surface area contributed by atoms with Crippen LogP contribution in [-0.2, 0) is 7.05 Å². The van der Waals surface area contributed by atoms with Gasteiger partial charge in [0.05, 0.1) is 5.70 Å². The van der Waals surface area contributed by atoms with Gasteiger partial charge in [0.1, 0.15) is 0 Å². The smallest absolute Gasteiger partial charge is 0.160 e. The Balaban J connectivity index is 2.53. The third-order valence-corrected chi connectivity index (χ3v) is 2.14. The molecule has 6 nitrogen and oxygen atoms in total. The van der Waals surface area contributed by atoms with E-state index in [9.17, 15) is 0 Å². The zero-order valence-electron chi connectivity index (χ0n) is 11.6. The van der Waals surface area contributed by atoms with E-state index in [4.69, 9.17) is 0 Å². The molecule has 0 saturated carbocycles. The average molecular weight is 270 g/mol. The Labute approximate surface area is 118 Å². The summed E-state index contributed by atoms with van der Waals surface area (Å²) in [6, 6.07) is 5.66. The van der Waals surface area contributed by atoms with Crippen LogP contribution in [0, 0.1) is 0 Å². The number of rotatable bonds is 6. The van der Waals surface area contributed by atoms with Gasteiger partial charge < -0.3 is 9.88 Å². The molecule has 0 saturated heterocycles. The highest BCUT2D eigenvalue weighted by Gasteiger charge is 1.82. The van der Waals surface area contributed by atoms with E-state index < -0.39 is 0 Å².